The lowest BCUT2D eigenvalue weighted by atomic mass is 10.1. The van der Waals surface area contributed by atoms with Crippen LogP contribution in [-0.4, -0.2) is 63.8 Å². The van der Waals surface area contributed by atoms with Crippen LogP contribution in [0.4, 0.5) is 0 Å². The molecule has 1 aliphatic rings. The third kappa shape index (κ3) is 5.26. The fraction of sp³-hybridized carbons (Fsp3) is 0.364. The number of hydrogen-bond acceptors (Lipinski definition) is 5. The van der Waals surface area contributed by atoms with E-state index in [0.29, 0.717) is 61.9 Å². The summed E-state index contributed by atoms with van der Waals surface area (Å²) in [5.74, 6) is 1.04. The first-order chi connectivity index (χ1) is 14.1. The molecule has 29 heavy (non-hydrogen) atoms. The molecular formula is C22H26N2O5. The molecule has 1 heterocycles. The minimum absolute atomic E-state index is 0.0757. The van der Waals surface area contributed by atoms with E-state index in [1.54, 1.807) is 43.4 Å². The first-order valence-corrected chi connectivity index (χ1v) is 9.58. The number of morpholine rings is 1. The number of nitrogens with zero attached hydrogens (tertiary/aromatic N) is 1. The van der Waals surface area contributed by atoms with Gasteiger partial charge in [0.1, 0.15) is 0 Å². The summed E-state index contributed by atoms with van der Waals surface area (Å²) in [5.41, 5.74) is 2.01. The van der Waals surface area contributed by atoms with Gasteiger partial charge in [0.25, 0.3) is 11.8 Å². The van der Waals surface area contributed by atoms with Crippen LogP contribution in [0, 0.1) is 0 Å². The average molecular weight is 398 g/mol. The maximum atomic E-state index is 12.6. The molecule has 0 saturated carbocycles. The Hall–Kier alpha value is -3.06. The van der Waals surface area contributed by atoms with Gasteiger partial charge in [-0.05, 0) is 42.3 Å². The van der Waals surface area contributed by atoms with E-state index in [2.05, 4.69) is 5.32 Å². The molecule has 1 saturated heterocycles. The van der Waals surface area contributed by atoms with E-state index in [9.17, 15) is 9.59 Å². The van der Waals surface area contributed by atoms with Crippen molar-refractivity contribution in [2.24, 2.45) is 0 Å². The van der Waals surface area contributed by atoms with Crippen molar-refractivity contribution < 1.29 is 23.8 Å². The van der Waals surface area contributed by atoms with Crippen molar-refractivity contribution in [3.05, 3.63) is 59.2 Å². The smallest absolute Gasteiger partial charge is 0.254 e. The molecule has 3 rings (SSSR count). The Balaban J connectivity index is 1.57. The van der Waals surface area contributed by atoms with Crippen LogP contribution in [0.5, 0.6) is 11.5 Å². The van der Waals surface area contributed by atoms with Gasteiger partial charge in [-0.1, -0.05) is 12.1 Å². The topological polar surface area (TPSA) is 77.1 Å². The van der Waals surface area contributed by atoms with Gasteiger partial charge in [0.15, 0.2) is 11.5 Å². The van der Waals surface area contributed by atoms with E-state index >= 15 is 0 Å². The van der Waals surface area contributed by atoms with Crippen LogP contribution in [0.1, 0.15) is 26.3 Å². The molecule has 7 heteroatoms. The summed E-state index contributed by atoms with van der Waals surface area (Å²) in [5, 5.41) is 2.90. The van der Waals surface area contributed by atoms with Crippen molar-refractivity contribution in [2.75, 3.05) is 47.1 Å². The van der Waals surface area contributed by atoms with Gasteiger partial charge in [0.2, 0.25) is 0 Å². The standard InChI is InChI=1S/C22H26N2O5/c1-27-19-7-6-16(14-20(19)28-2)8-9-23-21(25)17-4-3-5-18(15-17)22(26)24-10-12-29-13-11-24/h3-7,14-15H,8-13H2,1-2H3,(H,23,25). The van der Waals surface area contributed by atoms with Crippen LogP contribution in [0.15, 0.2) is 42.5 Å². The lowest BCUT2D eigenvalue weighted by Gasteiger charge is -2.27. The fourth-order valence-electron chi connectivity index (χ4n) is 3.20. The first-order valence-electron chi connectivity index (χ1n) is 9.58. The van der Waals surface area contributed by atoms with Crippen LogP contribution in [0.3, 0.4) is 0 Å². The summed E-state index contributed by atoms with van der Waals surface area (Å²) in [7, 11) is 3.18. The highest BCUT2D eigenvalue weighted by molar-refractivity contribution is 5.99. The van der Waals surface area contributed by atoms with Crippen molar-refractivity contribution in [2.45, 2.75) is 6.42 Å². The maximum absolute atomic E-state index is 12.6. The molecule has 0 radical (unpaired) electrons. The summed E-state index contributed by atoms with van der Waals surface area (Å²) >= 11 is 0. The van der Waals surface area contributed by atoms with Crippen LogP contribution >= 0.6 is 0 Å². The Morgan fingerprint density at radius 3 is 2.45 bits per heavy atom. The number of carbonyl (C=O) groups is 2. The Morgan fingerprint density at radius 2 is 1.72 bits per heavy atom. The number of rotatable bonds is 7. The predicted octanol–water partition coefficient (Wildman–Crippen LogP) is 2.15. The molecule has 2 amide bonds. The molecule has 0 aromatic heterocycles. The van der Waals surface area contributed by atoms with Gasteiger partial charge in [0.05, 0.1) is 27.4 Å². The lowest BCUT2D eigenvalue weighted by Crippen LogP contribution is -2.40. The molecular weight excluding hydrogens is 372 g/mol. The van der Waals surface area contributed by atoms with Crippen molar-refractivity contribution >= 4 is 11.8 Å². The summed E-state index contributed by atoms with van der Waals surface area (Å²) in [6.45, 7) is 2.70. The van der Waals surface area contributed by atoms with Gasteiger partial charge >= 0.3 is 0 Å². The molecule has 7 nitrogen and oxygen atoms in total. The van der Waals surface area contributed by atoms with Gasteiger partial charge in [-0.25, -0.2) is 0 Å². The molecule has 0 spiro atoms. The minimum atomic E-state index is -0.206. The highest BCUT2D eigenvalue weighted by Gasteiger charge is 2.19. The quantitative estimate of drug-likeness (QED) is 0.773. The average Bonchev–Trinajstić information content (AvgIpc) is 2.79. The summed E-state index contributed by atoms with van der Waals surface area (Å²) in [6, 6.07) is 12.5. The number of ether oxygens (including phenoxy) is 3. The van der Waals surface area contributed by atoms with Gasteiger partial charge in [0, 0.05) is 30.8 Å². The summed E-state index contributed by atoms with van der Waals surface area (Å²) < 4.78 is 15.8. The largest absolute Gasteiger partial charge is 0.493 e. The zero-order valence-electron chi connectivity index (χ0n) is 16.8. The van der Waals surface area contributed by atoms with Gasteiger partial charge in [-0.15, -0.1) is 0 Å². The van der Waals surface area contributed by atoms with E-state index in [1.165, 1.54) is 0 Å². The van der Waals surface area contributed by atoms with Gasteiger partial charge in [-0.2, -0.15) is 0 Å². The normalized spacial score (nSPS) is 13.7. The summed E-state index contributed by atoms with van der Waals surface area (Å²) in [4.78, 5) is 26.9. The second-order valence-corrected chi connectivity index (χ2v) is 6.68. The molecule has 2 aromatic carbocycles. The third-order valence-corrected chi connectivity index (χ3v) is 4.82. The number of carbonyl (C=O) groups excluding carboxylic acids is 2. The van der Waals surface area contributed by atoms with Crippen molar-refractivity contribution in [3.63, 3.8) is 0 Å². The van der Waals surface area contributed by atoms with Crippen molar-refractivity contribution in [3.8, 4) is 11.5 Å². The van der Waals surface area contributed by atoms with E-state index in [4.69, 9.17) is 14.2 Å². The molecule has 0 unspecified atom stereocenters. The number of hydrogen-bond donors (Lipinski definition) is 1. The van der Waals surface area contributed by atoms with Crippen LogP contribution < -0.4 is 14.8 Å². The zero-order chi connectivity index (χ0) is 20.6. The molecule has 0 atom stereocenters. The van der Waals surface area contributed by atoms with Crippen LogP contribution in [-0.2, 0) is 11.2 Å². The molecule has 0 bridgehead atoms. The molecule has 2 aromatic rings. The van der Waals surface area contributed by atoms with Gasteiger partial charge in [-0.3, -0.25) is 9.59 Å². The molecule has 1 fully saturated rings. The Kier molecular flexibility index (Phi) is 7.08. The molecule has 0 aliphatic carbocycles. The Labute approximate surface area is 170 Å². The maximum Gasteiger partial charge on any atom is 0.254 e. The number of nitrogens with one attached hydrogen (secondary N) is 1. The van der Waals surface area contributed by atoms with Crippen molar-refractivity contribution in [1.82, 2.24) is 10.2 Å². The second kappa shape index (κ2) is 9.93. The van der Waals surface area contributed by atoms with Crippen LogP contribution in [0.2, 0.25) is 0 Å². The lowest BCUT2D eigenvalue weighted by molar-refractivity contribution is 0.0303. The van der Waals surface area contributed by atoms with Crippen molar-refractivity contribution in [1.29, 1.82) is 0 Å². The Morgan fingerprint density at radius 1 is 1.00 bits per heavy atom. The summed E-state index contributed by atoms with van der Waals surface area (Å²) in [6.07, 6.45) is 0.651. The molecule has 154 valence electrons. The number of methoxy groups -OCH3 is 2. The number of benzene rings is 2. The van der Waals surface area contributed by atoms with E-state index in [-0.39, 0.29) is 11.8 Å². The Bertz CT molecular complexity index is 862. The third-order valence-electron chi connectivity index (χ3n) is 4.82. The highest BCUT2D eigenvalue weighted by atomic mass is 16.5. The van der Waals surface area contributed by atoms with Gasteiger partial charge < -0.3 is 24.4 Å². The SMILES string of the molecule is COc1ccc(CCNC(=O)c2cccc(C(=O)N3CCOCC3)c2)cc1OC. The number of amides is 2. The van der Waals surface area contributed by atoms with E-state index in [0.717, 1.165) is 5.56 Å². The van der Waals surface area contributed by atoms with E-state index in [1.807, 2.05) is 18.2 Å². The zero-order valence-corrected chi connectivity index (χ0v) is 16.8. The molecule has 1 aliphatic heterocycles. The molecule has 1 N–H and O–H groups in total. The monoisotopic (exact) mass is 398 g/mol. The predicted molar refractivity (Wildman–Crippen MR) is 109 cm³/mol. The highest BCUT2D eigenvalue weighted by Crippen LogP contribution is 2.27. The fourth-order valence-corrected chi connectivity index (χ4v) is 3.20. The van der Waals surface area contributed by atoms with E-state index < -0.39 is 0 Å². The minimum Gasteiger partial charge on any atom is -0.493 e. The second-order valence-electron chi connectivity index (χ2n) is 6.68. The van der Waals surface area contributed by atoms with Crippen LogP contribution in [0.25, 0.3) is 0 Å². The first kappa shape index (κ1) is 20.7.